The highest BCUT2D eigenvalue weighted by Crippen LogP contribution is 2.38. The van der Waals surface area contributed by atoms with Gasteiger partial charge in [-0.25, -0.2) is 0 Å². The van der Waals surface area contributed by atoms with Gasteiger partial charge < -0.3 is 9.13 Å². The van der Waals surface area contributed by atoms with E-state index < -0.39 is 0 Å². The minimum atomic E-state index is 1.15. The maximum absolute atomic E-state index is 4.49. The van der Waals surface area contributed by atoms with E-state index in [2.05, 4.69) is 166 Å². The van der Waals surface area contributed by atoms with Crippen molar-refractivity contribution in [2.45, 2.75) is 0 Å². The van der Waals surface area contributed by atoms with Gasteiger partial charge in [0, 0.05) is 45.3 Å². The van der Waals surface area contributed by atoms with Crippen LogP contribution in [0, 0.1) is 0 Å². The van der Waals surface area contributed by atoms with Gasteiger partial charge in [0.15, 0.2) is 0 Å². The van der Waals surface area contributed by atoms with Gasteiger partial charge in [-0.05, 0) is 82.9 Å². The molecule has 0 aliphatic carbocycles. The van der Waals surface area contributed by atoms with Crippen molar-refractivity contribution in [3.05, 3.63) is 164 Å². The molecule has 0 radical (unpaired) electrons. The smallest absolute Gasteiger partial charge is 0.0571 e. The molecule has 0 bridgehead atoms. The number of benzene rings is 6. The third kappa shape index (κ3) is 3.80. The summed E-state index contributed by atoms with van der Waals surface area (Å²) in [5.74, 6) is 0. The molecule has 0 saturated heterocycles. The Labute approximate surface area is 254 Å². The van der Waals surface area contributed by atoms with E-state index in [1.165, 1.54) is 55.0 Å². The van der Waals surface area contributed by atoms with Crippen molar-refractivity contribution < 1.29 is 0 Å². The van der Waals surface area contributed by atoms with E-state index in [-0.39, 0.29) is 0 Å². The summed E-state index contributed by atoms with van der Waals surface area (Å²) in [6.45, 7) is 0. The van der Waals surface area contributed by atoms with Crippen LogP contribution in [0.4, 0.5) is 0 Å². The van der Waals surface area contributed by atoms with E-state index in [9.17, 15) is 0 Å². The van der Waals surface area contributed by atoms with Gasteiger partial charge in [-0.2, -0.15) is 0 Å². The number of aromatic nitrogens is 3. The molecule has 0 atom stereocenters. The van der Waals surface area contributed by atoms with Crippen molar-refractivity contribution >= 4 is 43.6 Å². The fourth-order valence-corrected chi connectivity index (χ4v) is 6.77. The Morgan fingerprint density at radius 3 is 1.55 bits per heavy atom. The Balaban J connectivity index is 1.20. The predicted molar refractivity (Wildman–Crippen MR) is 184 cm³/mol. The van der Waals surface area contributed by atoms with Crippen LogP contribution in [0.25, 0.3) is 77.2 Å². The second-order valence-corrected chi connectivity index (χ2v) is 11.3. The van der Waals surface area contributed by atoms with Crippen LogP contribution in [0.15, 0.2) is 164 Å². The topological polar surface area (TPSA) is 22.8 Å². The van der Waals surface area contributed by atoms with Gasteiger partial charge in [-0.3, -0.25) is 4.98 Å². The largest absolute Gasteiger partial charge is 0.309 e. The number of rotatable bonds is 4. The van der Waals surface area contributed by atoms with Crippen molar-refractivity contribution in [2.75, 3.05) is 0 Å². The molecule has 3 heterocycles. The third-order valence-electron chi connectivity index (χ3n) is 8.82. The lowest BCUT2D eigenvalue weighted by Gasteiger charge is -2.10. The SMILES string of the molecule is c1ccc(-c2ccc(-n3c4ccccc4c4cc(-c5ccc6c(c5)c5cnccc5n6-c5ccccc5)ccc43)cc2)cc1. The molecule has 0 fully saturated rings. The van der Waals surface area contributed by atoms with E-state index >= 15 is 0 Å². The zero-order chi connectivity index (χ0) is 29.0. The maximum Gasteiger partial charge on any atom is 0.0571 e. The molecule has 0 saturated carbocycles. The van der Waals surface area contributed by atoms with Crippen LogP contribution >= 0.6 is 0 Å². The summed E-state index contributed by atoms with van der Waals surface area (Å²) in [7, 11) is 0. The number of pyridine rings is 1. The Hall–Kier alpha value is -5.93. The quantitative estimate of drug-likeness (QED) is 0.210. The molecule has 0 unspecified atom stereocenters. The normalized spacial score (nSPS) is 11.6. The Morgan fingerprint density at radius 2 is 0.841 bits per heavy atom. The minimum Gasteiger partial charge on any atom is -0.309 e. The van der Waals surface area contributed by atoms with Crippen LogP contribution < -0.4 is 0 Å². The van der Waals surface area contributed by atoms with Gasteiger partial charge in [-0.15, -0.1) is 0 Å². The summed E-state index contributed by atoms with van der Waals surface area (Å²) >= 11 is 0. The highest BCUT2D eigenvalue weighted by molar-refractivity contribution is 6.12. The molecule has 3 aromatic heterocycles. The van der Waals surface area contributed by atoms with E-state index in [0.717, 1.165) is 22.3 Å². The van der Waals surface area contributed by atoms with Crippen LogP contribution in [0.5, 0.6) is 0 Å². The van der Waals surface area contributed by atoms with E-state index in [1.54, 1.807) is 0 Å². The zero-order valence-corrected chi connectivity index (χ0v) is 23.9. The van der Waals surface area contributed by atoms with Gasteiger partial charge in [0.2, 0.25) is 0 Å². The predicted octanol–water partition coefficient (Wildman–Crippen LogP) is 10.6. The first-order valence-corrected chi connectivity index (χ1v) is 15.0. The lowest BCUT2D eigenvalue weighted by Crippen LogP contribution is -1.94. The van der Waals surface area contributed by atoms with Crippen molar-refractivity contribution in [3.8, 4) is 33.6 Å². The fraction of sp³-hybridized carbons (Fsp3) is 0. The number of fused-ring (bicyclic) bond motifs is 6. The molecular weight excluding hydrogens is 534 g/mol. The molecule has 3 nitrogen and oxygen atoms in total. The summed E-state index contributed by atoms with van der Waals surface area (Å²) in [5.41, 5.74) is 11.9. The summed E-state index contributed by atoms with van der Waals surface area (Å²) in [6, 6.07) is 54.5. The van der Waals surface area contributed by atoms with Crippen LogP contribution in [0.1, 0.15) is 0 Å². The number of nitrogens with zero attached hydrogens (tertiary/aromatic N) is 3. The first-order chi connectivity index (χ1) is 21.8. The molecular formula is C41H27N3. The number of hydrogen-bond donors (Lipinski definition) is 0. The van der Waals surface area contributed by atoms with Crippen LogP contribution in [0.2, 0.25) is 0 Å². The maximum atomic E-state index is 4.49. The van der Waals surface area contributed by atoms with Gasteiger partial charge in [0.25, 0.3) is 0 Å². The molecule has 44 heavy (non-hydrogen) atoms. The fourth-order valence-electron chi connectivity index (χ4n) is 6.77. The second-order valence-electron chi connectivity index (χ2n) is 11.3. The molecule has 3 heteroatoms. The lowest BCUT2D eigenvalue weighted by molar-refractivity contribution is 1.17. The molecule has 0 amide bonds. The van der Waals surface area contributed by atoms with Gasteiger partial charge in [-0.1, -0.05) is 91.0 Å². The molecule has 9 aromatic rings. The summed E-state index contributed by atoms with van der Waals surface area (Å²) < 4.78 is 4.71. The lowest BCUT2D eigenvalue weighted by atomic mass is 10.0. The summed E-state index contributed by atoms with van der Waals surface area (Å²) in [4.78, 5) is 4.49. The highest BCUT2D eigenvalue weighted by Gasteiger charge is 2.16. The van der Waals surface area contributed by atoms with Crippen LogP contribution in [0.3, 0.4) is 0 Å². The van der Waals surface area contributed by atoms with Gasteiger partial charge >= 0.3 is 0 Å². The van der Waals surface area contributed by atoms with E-state index in [1.807, 2.05) is 12.4 Å². The minimum absolute atomic E-state index is 1.15. The molecule has 0 aliphatic rings. The van der Waals surface area contributed by atoms with Crippen LogP contribution in [-0.4, -0.2) is 14.1 Å². The van der Waals surface area contributed by atoms with Gasteiger partial charge in [0.05, 0.1) is 22.1 Å². The molecule has 0 spiro atoms. The Kier molecular flexibility index (Phi) is 5.50. The third-order valence-corrected chi connectivity index (χ3v) is 8.82. The molecule has 6 aromatic carbocycles. The summed E-state index contributed by atoms with van der Waals surface area (Å²) in [5, 5.41) is 4.86. The van der Waals surface area contributed by atoms with Crippen molar-refractivity contribution in [1.82, 2.24) is 14.1 Å². The molecule has 9 rings (SSSR count). The monoisotopic (exact) mass is 561 g/mol. The summed E-state index contributed by atoms with van der Waals surface area (Å²) in [6.07, 6.45) is 3.86. The van der Waals surface area contributed by atoms with Crippen molar-refractivity contribution in [3.63, 3.8) is 0 Å². The first-order valence-electron chi connectivity index (χ1n) is 15.0. The Morgan fingerprint density at radius 1 is 0.341 bits per heavy atom. The van der Waals surface area contributed by atoms with E-state index in [4.69, 9.17) is 0 Å². The van der Waals surface area contributed by atoms with Gasteiger partial charge in [0.1, 0.15) is 0 Å². The van der Waals surface area contributed by atoms with E-state index in [0.29, 0.717) is 0 Å². The Bertz CT molecular complexity index is 2470. The van der Waals surface area contributed by atoms with Crippen molar-refractivity contribution in [1.29, 1.82) is 0 Å². The molecule has 206 valence electrons. The highest BCUT2D eigenvalue weighted by atomic mass is 15.0. The molecule has 0 N–H and O–H groups in total. The first kappa shape index (κ1) is 24.6. The average molecular weight is 562 g/mol. The second kappa shape index (κ2) is 9.82. The average Bonchev–Trinajstić information content (AvgIpc) is 3.61. The van der Waals surface area contributed by atoms with Crippen LogP contribution in [-0.2, 0) is 0 Å². The zero-order valence-electron chi connectivity index (χ0n) is 23.9. The standard InChI is InChI=1S/C41H27N3/c1-3-9-28(10-4-1)29-15-19-33(20-16-29)44-38-14-8-7-13-34(38)35-25-30(17-21-39(35)44)31-18-22-40-36(26-31)37-27-42-24-23-41(37)43(40)32-11-5-2-6-12-32/h1-27H. The van der Waals surface area contributed by atoms with Crippen molar-refractivity contribution in [2.24, 2.45) is 0 Å². The number of hydrogen-bond acceptors (Lipinski definition) is 1. The number of para-hydroxylation sites is 2. The molecule has 0 aliphatic heterocycles.